The van der Waals surface area contributed by atoms with Gasteiger partial charge >= 0.3 is 0 Å². The number of fused-ring (bicyclic) bond motifs is 1. The fourth-order valence-corrected chi connectivity index (χ4v) is 4.24. The van der Waals surface area contributed by atoms with Crippen LogP contribution >= 0.6 is 0 Å². The molecule has 1 aromatic heterocycles. The Morgan fingerprint density at radius 2 is 2.10 bits per heavy atom. The van der Waals surface area contributed by atoms with Crippen LogP contribution in [0.4, 0.5) is 0 Å². The summed E-state index contributed by atoms with van der Waals surface area (Å²) >= 11 is 0. The van der Waals surface area contributed by atoms with Crippen molar-refractivity contribution in [2.45, 2.75) is 78.1 Å². The minimum Gasteiger partial charge on any atom is -0.494 e. The summed E-state index contributed by atoms with van der Waals surface area (Å²) in [4.78, 5) is 4.90. The molecule has 31 heavy (non-hydrogen) atoms. The lowest BCUT2D eigenvalue weighted by atomic mass is 10.1. The van der Waals surface area contributed by atoms with Crippen molar-refractivity contribution in [1.29, 1.82) is 0 Å². The van der Waals surface area contributed by atoms with Crippen LogP contribution in [0.5, 0.6) is 11.5 Å². The predicted molar refractivity (Wildman–Crippen MR) is 121 cm³/mol. The number of nitrogens with one attached hydrogen (secondary N) is 2. The zero-order valence-electron chi connectivity index (χ0n) is 19.1. The Bertz CT molecular complexity index is 932. The fraction of sp³-hybridized carbons (Fsp3) is 0.609. The molecule has 1 saturated carbocycles. The van der Waals surface area contributed by atoms with Gasteiger partial charge in [0, 0.05) is 30.6 Å². The second kappa shape index (κ2) is 9.58. The van der Waals surface area contributed by atoms with Crippen LogP contribution in [0.15, 0.2) is 17.1 Å². The van der Waals surface area contributed by atoms with Gasteiger partial charge in [0.25, 0.3) is 0 Å². The third kappa shape index (κ3) is 5.11. The summed E-state index contributed by atoms with van der Waals surface area (Å²) in [6.07, 6.45) is 6.02. The van der Waals surface area contributed by atoms with Crippen LogP contribution in [0, 0.1) is 6.92 Å². The normalized spacial score (nSPS) is 18.7. The molecule has 2 aliphatic rings. The SMILES string of the molecule is CCOc1cc2c(cc1CN=C(NCc1nnc(C)n1C)NC1CCCC1)OC(C)C2. The zero-order chi connectivity index (χ0) is 21.8. The predicted octanol–water partition coefficient (Wildman–Crippen LogP) is 3.02. The topological polar surface area (TPSA) is 85.6 Å². The summed E-state index contributed by atoms with van der Waals surface area (Å²) in [6.45, 7) is 7.77. The molecule has 168 valence electrons. The molecule has 1 atom stereocenters. The lowest BCUT2D eigenvalue weighted by molar-refractivity contribution is 0.254. The minimum atomic E-state index is 0.208. The minimum absolute atomic E-state index is 0.208. The van der Waals surface area contributed by atoms with Gasteiger partial charge in [-0.3, -0.25) is 0 Å². The zero-order valence-corrected chi connectivity index (χ0v) is 19.1. The van der Waals surface area contributed by atoms with E-state index in [0.717, 1.165) is 41.1 Å². The molecular formula is C23H34N6O2. The molecule has 2 N–H and O–H groups in total. The number of rotatable bonds is 7. The molecule has 1 fully saturated rings. The van der Waals surface area contributed by atoms with E-state index in [1.807, 2.05) is 25.5 Å². The van der Waals surface area contributed by atoms with E-state index in [-0.39, 0.29) is 6.10 Å². The number of aryl methyl sites for hydroxylation is 1. The van der Waals surface area contributed by atoms with Crippen molar-refractivity contribution < 1.29 is 9.47 Å². The van der Waals surface area contributed by atoms with Gasteiger partial charge in [-0.2, -0.15) is 0 Å². The standard InChI is InChI=1S/C23H34N6O2/c1-5-30-20-11-17-10-15(2)31-21(17)12-18(20)13-24-23(26-19-8-6-7-9-19)25-14-22-28-27-16(3)29(22)4/h11-12,15,19H,5-10,13-14H2,1-4H3,(H2,24,25,26). The Morgan fingerprint density at radius 3 is 2.81 bits per heavy atom. The molecule has 0 amide bonds. The van der Waals surface area contributed by atoms with Gasteiger partial charge in [-0.25, -0.2) is 4.99 Å². The van der Waals surface area contributed by atoms with Gasteiger partial charge in [-0.15, -0.1) is 10.2 Å². The first-order valence-electron chi connectivity index (χ1n) is 11.4. The molecule has 1 unspecified atom stereocenters. The molecule has 1 aromatic carbocycles. The van der Waals surface area contributed by atoms with Gasteiger partial charge in [-0.1, -0.05) is 12.8 Å². The molecule has 1 aliphatic heterocycles. The Kier molecular flexibility index (Phi) is 6.63. The van der Waals surface area contributed by atoms with E-state index in [2.05, 4.69) is 39.9 Å². The third-order valence-electron chi connectivity index (χ3n) is 6.08. The van der Waals surface area contributed by atoms with E-state index < -0.39 is 0 Å². The monoisotopic (exact) mass is 426 g/mol. The highest BCUT2D eigenvalue weighted by atomic mass is 16.5. The van der Waals surface area contributed by atoms with Crippen LogP contribution in [0.3, 0.4) is 0 Å². The maximum atomic E-state index is 5.96. The number of nitrogens with zero attached hydrogens (tertiary/aromatic N) is 4. The summed E-state index contributed by atoms with van der Waals surface area (Å²) in [5.41, 5.74) is 2.25. The molecule has 0 bridgehead atoms. The molecule has 8 heteroatoms. The summed E-state index contributed by atoms with van der Waals surface area (Å²) < 4.78 is 13.9. The summed E-state index contributed by atoms with van der Waals surface area (Å²) in [5, 5.41) is 15.4. The summed E-state index contributed by atoms with van der Waals surface area (Å²) in [5.74, 6) is 4.42. The number of guanidine groups is 1. The molecular weight excluding hydrogens is 392 g/mol. The lowest BCUT2D eigenvalue weighted by Gasteiger charge is -2.18. The number of benzene rings is 1. The molecule has 0 spiro atoms. The lowest BCUT2D eigenvalue weighted by Crippen LogP contribution is -2.42. The van der Waals surface area contributed by atoms with Crippen molar-refractivity contribution >= 4 is 5.96 Å². The van der Waals surface area contributed by atoms with Crippen molar-refractivity contribution in [3.63, 3.8) is 0 Å². The van der Waals surface area contributed by atoms with Crippen LogP contribution in [0.25, 0.3) is 0 Å². The van der Waals surface area contributed by atoms with Gasteiger partial charge in [0.2, 0.25) is 0 Å². The molecule has 0 radical (unpaired) electrons. The van der Waals surface area contributed by atoms with E-state index >= 15 is 0 Å². The van der Waals surface area contributed by atoms with E-state index in [9.17, 15) is 0 Å². The van der Waals surface area contributed by atoms with Crippen LogP contribution in [0.2, 0.25) is 0 Å². The number of hydrogen-bond donors (Lipinski definition) is 2. The van der Waals surface area contributed by atoms with E-state index in [0.29, 0.717) is 25.7 Å². The maximum Gasteiger partial charge on any atom is 0.192 e. The Hall–Kier alpha value is -2.77. The van der Waals surface area contributed by atoms with Crippen molar-refractivity contribution in [1.82, 2.24) is 25.4 Å². The molecule has 2 heterocycles. The van der Waals surface area contributed by atoms with Crippen molar-refractivity contribution in [3.8, 4) is 11.5 Å². The number of aromatic nitrogens is 3. The molecule has 0 saturated heterocycles. The van der Waals surface area contributed by atoms with E-state index in [1.165, 1.54) is 31.2 Å². The quantitative estimate of drug-likeness (QED) is 0.523. The van der Waals surface area contributed by atoms with Gasteiger partial charge in [-0.05, 0) is 45.7 Å². The van der Waals surface area contributed by atoms with Crippen LogP contribution < -0.4 is 20.1 Å². The Labute approximate surface area is 184 Å². The number of aliphatic imine (C=N–C) groups is 1. The largest absolute Gasteiger partial charge is 0.494 e. The number of ether oxygens (including phenoxy) is 2. The van der Waals surface area contributed by atoms with Crippen LogP contribution in [-0.4, -0.2) is 39.5 Å². The summed E-state index contributed by atoms with van der Waals surface area (Å²) in [6, 6.07) is 4.67. The van der Waals surface area contributed by atoms with Gasteiger partial charge in [0.1, 0.15) is 23.4 Å². The smallest absolute Gasteiger partial charge is 0.192 e. The Morgan fingerprint density at radius 1 is 1.29 bits per heavy atom. The van der Waals surface area contributed by atoms with Crippen LogP contribution in [-0.2, 0) is 26.6 Å². The average molecular weight is 427 g/mol. The highest BCUT2D eigenvalue weighted by Gasteiger charge is 2.22. The average Bonchev–Trinajstić information content (AvgIpc) is 3.46. The molecule has 4 rings (SSSR count). The first kappa shape index (κ1) is 21.5. The highest BCUT2D eigenvalue weighted by Crippen LogP contribution is 2.35. The van der Waals surface area contributed by atoms with Crippen molar-refractivity contribution in [3.05, 3.63) is 34.9 Å². The van der Waals surface area contributed by atoms with Gasteiger partial charge in [0.15, 0.2) is 11.8 Å². The third-order valence-corrected chi connectivity index (χ3v) is 6.08. The summed E-state index contributed by atoms with van der Waals surface area (Å²) in [7, 11) is 1.98. The van der Waals surface area contributed by atoms with Gasteiger partial charge in [0.05, 0.1) is 19.7 Å². The first-order chi connectivity index (χ1) is 15.0. The van der Waals surface area contributed by atoms with Crippen molar-refractivity contribution in [2.75, 3.05) is 6.61 Å². The van der Waals surface area contributed by atoms with Gasteiger partial charge < -0.3 is 24.7 Å². The second-order valence-corrected chi connectivity index (χ2v) is 8.50. The molecule has 2 aromatic rings. The first-order valence-corrected chi connectivity index (χ1v) is 11.4. The van der Waals surface area contributed by atoms with Crippen molar-refractivity contribution in [2.24, 2.45) is 12.0 Å². The van der Waals surface area contributed by atoms with E-state index in [1.54, 1.807) is 0 Å². The fourth-order valence-electron chi connectivity index (χ4n) is 4.24. The molecule has 8 nitrogen and oxygen atoms in total. The van der Waals surface area contributed by atoms with Crippen LogP contribution in [0.1, 0.15) is 62.3 Å². The molecule has 1 aliphatic carbocycles. The Balaban J connectivity index is 1.52. The second-order valence-electron chi connectivity index (χ2n) is 8.50. The highest BCUT2D eigenvalue weighted by molar-refractivity contribution is 5.80. The number of hydrogen-bond acceptors (Lipinski definition) is 5. The maximum absolute atomic E-state index is 5.96. The van der Waals surface area contributed by atoms with E-state index in [4.69, 9.17) is 14.5 Å².